The number of halogens is 1. The van der Waals surface area contributed by atoms with Crippen LogP contribution in [-0.4, -0.2) is 16.4 Å². The summed E-state index contributed by atoms with van der Waals surface area (Å²) >= 11 is 2.23. The summed E-state index contributed by atoms with van der Waals surface area (Å²) < 4.78 is 8.40. The number of nitrogens with zero attached hydrogens (tertiary/aromatic N) is 2. The summed E-state index contributed by atoms with van der Waals surface area (Å²) in [6.07, 6.45) is 0.994. The number of anilines is 1. The third-order valence-electron chi connectivity index (χ3n) is 3.18. The van der Waals surface area contributed by atoms with Gasteiger partial charge < -0.3 is 10.5 Å². The lowest BCUT2D eigenvalue weighted by atomic mass is 10.1. The highest BCUT2D eigenvalue weighted by Crippen LogP contribution is 2.27. The highest BCUT2D eigenvalue weighted by atomic mass is 127. The standard InChI is InChI=1S/C13H14IN3O/c1-8-12(14)13(15)17(16-8)7-9-2-3-11-10(6-9)4-5-18-11/h2-3,6H,4-5,7,15H2,1H3. The van der Waals surface area contributed by atoms with E-state index < -0.39 is 0 Å². The normalized spacial score (nSPS) is 13.4. The van der Waals surface area contributed by atoms with Crippen molar-refractivity contribution < 1.29 is 4.74 Å². The monoisotopic (exact) mass is 355 g/mol. The Bertz CT molecular complexity index is 607. The number of nitrogens with two attached hydrogens (primary N) is 1. The molecule has 0 bridgehead atoms. The van der Waals surface area contributed by atoms with Gasteiger partial charge in [0.15, 0.2) is 0 Å². The second-order valence-corrected chi connectivity index (χ2v) is 5.56. The van der Waals surface area contributed by atoms with Crippen molar-refractivity contribution in [2.75, 3.05) is 12.3 Å². The fourth-order valence-electron chi connectivity index (χ4n) is 2.21. The van der Waals surface area contributed by atoms with Crippen LogP contribution < -0.4 is 10.5 Å². The Labute approximate surface area is 119 Å². The van der Waals surface area contributed by atoms with Crippen molar-refractivity contribution in [3.8, 4) is 5.75 Å². The van der Waals surface area contributed by atoms with Crippen LogP contribution in [0.1, 0.15) is 16.8 Å². The molecule has 0 fully saturated rings. The predicted molar refractivity (Wildman–Crippen MR) is 78.8 cm³/mol. The molecule has 0 saturated carbocycles. The number of fused-ring (bicyclic) bond motifs is 1. The molecule has 1 aromatic heterocycles. The Morgan fingerprint density at radius 3 is 3.06 bits per heavy atom. The molecule has 2 heterocycles. The number of rotatable bonds is 2. The smallest absolute Gasteiger partial charge is 0.135 e. The fraction of sp³-hybridized carbons (Fsp3) is 0.308. The van der Waals surface area contributed by atoms with Crippen LogP contribution in [0.2, 0.25) is 0 Å². The molecular weight excluding hydrogens is 341 g/mol. The van der Waals surface area contributed by atoms with Crippen LogP contribution in [0, 0.1) is 10.5 Å². The van der Waals surface area contributed by atoms with Gasteiger partial charge in [-0.2, -0.15) is 5.10 Å². The van der Waals surface area contributed by atoms with E-state index in [0.29, 0.717) is 6.54 Å². The van der Waals surface area contributed by atoms with Gasteiger partial charge in [0.25, 0.3) is 0 Å². The maximum absolute atomic E-state index is 6.03. The van der Waals surface area contributed by atoms with Crippen molar-refractivity contribution in [2.45, 2.75) is 19.9 Å². The summed E-state index contributed by atoms with van der Waals surface area (Å²) in [5.74, 6) is 1.75. The summed E-state index contributed by atoms with van der Waals surface area (Å²) in [7, 11) is 0. The van der Waals surface area contributed by atoms with Gasteiger partial charge in [0.2, 0.25) is 0 Å². The molecule has 18 heavy (non-hydrogen) atoms. The van der Waals surface area contributed by atoms with E-state index in [1.807, 2.05) is 17.7 Å². The minimum absolute atomic E-state index is 0.711. The van der Waals surface area contributed by atoms with Gasteiger partial charge in [0.05, 0.1) is 22.4 Å². The minimum Gasteiger partial charge on any atom is -0.493 e. The summed E-state index contributed by atoms with van der Waals surface area (Å²) in [6.45, 7) is 3.48. The van der Waals surface area contributed by atoms with Gasteiger partial charge in [-0.3, -0.25) is 0 Å². The maximum Gasteiger partial charge on any atom is 0.135 e. The molecule has 1 aliphatic heterocycles. The number of ether oxygens (including phenoxy) is 1. The van der Waals surface area contributed by atoms with Crippen LogP contribution in [0.5, 0.6) is 5.75 Å². The Hall–Kier alpha value is -1.24. The van der Waals surface area contributed by atoms with Gasteiger partial charge in [-0.1, -0.05) is 12.1 Å². The molecule has 0 spiro atoms. The first-order valence-corrected chi connectivity index (χ1v) is 6.96. The number of hydrogen-bond donors (Lipinski definition) is 1. The molecule has 0 radical (unpaired) electrons. The quantitative estimate of drug-likeness (QED) is 0.842. The number of nitrogen functional groups attached to an aromatic ring is 1. The van der Waals surface area contributed by atoms with Gasteiger partial charge in [-0.15, -0.1) is 0 Å². The molecule has 4 nitrogen and oxygen atoms in total. The number of hydrogen-bond acceptors (Lipinski definition) is 3. The molecule has 5 heteroatoms. The zero-order chi connectivity index (χ0) is 12.7. The average Bonchev–Trinajstić information content (AvgIpc) is 2.91. The van der Waals surface area contributed by atoms with Crippen molar-refractivity contribution in [1.29, 1.82) is 0 Å². The van der Waals surface area contributed by atoms with E-state index in [2.05, 4.69) is 39.8 Å². The second-order valence-electron chi connectivity index (χ2n) is 4.48. The van der Waals surface area contributed by atoms with Crippen LogP contribution >= 0.6 is 22.6 Å². The van der Waals surface area contributed by atoms with Crippen molar-refractivity contribution >= 4 is 28.4 Å². The summed E-state index contributed by atoms with van der Waals surface area (Å²) in [5.41, 5.74) is 9.51. The second kappa shape index (κ2) is 4.46. The van der Waals surface area contributed by atoms with Crippen LogP contribution in [0.25, 0.3) is 0 Å². The SMILES string of the molecule is Cc1nn(Cc2ccc3c(c2)CCO3)c(N)c1I. The van der Waals surface area contributed by atoms with Crippen molar-refractivity contribution in [3.63, 3.8) is 0 Å². The van der Waals surface area contributed by atoms with Crippen molar-refractivity contribution in [3.05, 3.63) is 38.6 Å². The molecular formula is C13H14IN3O. The summed E-state index contributed by atoms with van der Waals surface area (Å²) in [4.78, 5) is 0. The van der Waals surface area contributed by atoms with Crippen molar-refractivity contribution in [2.24, 2.45) is 0 Å². The summed E-state index contributed by atoms with van der Waals surface area (Å²) in [5, 5.41) is 4.45. The van der Waals surface area contributed by atoms with E-state index in [0.717, 1.165) is 33.9 Å². The zero-order valence-electron chi connectivity index (χ0n) is 10.1. The Morgan fingerprint density at radius 2 is 2.33 bits per heavy atom. The van der Waals surface area contributed by atoms with Crippen LogP contribution in [-0.2, 0) is 13.0 Å². The van der Waals surface area contributed by atoms with Crippen LogP contribution in [0.4, 0.5) is 5.82 Å². The third-order valence-corrected chi connectivity index (χ3v) is 4.51. The van der Waals surface area contributed by atoms with Gasteiger partial charge in [-0.25, -0.2) is 4.68 Å². The Kier molecular flexibility index (Phi) is 2.93. The van der Waals surface area contributed by atoms with Gasteiger partial charge in [-0.05, 0) is 46.7 Å². The van der Waals surface area contributed by atoms with Gasteiger partial charge in [0.1, 0.15) is 11.6 Å². The largest absolute Gasteiger partial charge is 0.493 e. The number of aryl methyl sites for hydroxylation is 1. The molecule has 3 rings (SSSR count). The van der Waals surface area contributed by atoms with E-state index in [-0.39, 0.29) is 0 Å². The van der Waals surface area contributed by atoms with E-state index in [9.17, 15) is 0 Å². The predicted octanol–water partition coefficient (Wildman–Crippen LogP) is 2.36. The van der Waals surface area contributed by atoms with Crippen LogP contribution in [0.15, 0.2) is 18.2 Å². The first-order chi connectivity index (χ1) is 8.65. The molecule has 1 aliphatic rings. The van der Waals surface area contributed by atoms with E-state index >= 15 is 0 Å². The highest BCUT2D eigenvalue weighted by Gasteiger charge is 2.14. The summed E-state index contributed by atoms with van der Waals surface area (Å²) in [6, 6.07) is 6.30. The number of benzene rings is 1. The van der Waals surface area contributed by atoms with Crippen molar-refractivity contribution in [1.82, 2.24) is 9.78 Å². The molecule has 0 unspecified atom stereocenters. The molecule has 2 N–H and O–H groups in total. The third kappa shape index (κ3) is 1.96. The number of aromatic nitrogens is 2. The molecule has 0 atom stereocenters. The Morgan fingerprint density at radius 1 is 1.50 bits per heavy atom. The van der Waals surface area contributed by atoms with Gasteiger partial charge >= 0.3 is 0 Å². The molecule has 2 aromatic rings. The average molecular weight is 355 g/mol. The maximum atomic E-state index is 6.03. The molecule has 0 saturated heterocycles. The molecule has 0 amide bonds. The molecule has 1 aromatic carbocycles. The van der Waals surface area contributed by atoms with E-state index in [4.69, 9.17) is 10.5 Å². The highest BCUT2D eigenvalue weighted by molar-refractivity contribution is 14.1. The Balaban J connectivity index is 1.90. The lowest BCUT2D eigenvalue weighted by Crippen LogP contribution is -2.06. The lowest BCUT2D eigenvalue weighted by molar-refractivity contribution is 0.357. The molecule has 94 valence electrons. The van der Waals surface area contributed by atoms with E-state index in [1.165, 1.54) is 11.1 Å². The lowest BCUT2D eigenvalue weighted by Gasteiger charge is -2.06. The van der Waals surface area contributed by atoms with Gasteiger partial charge in [0, 0.05) is 6.42 Å². The first-order valence-electron chi connectivity index (χ1n) is 5.88. The fourth-order valence-corrected chi connectivity index (χ4v) is 2.60. The zero-order valence-corrected chi connectivity index (χ0v) is 12.3. The first kappa shape index (κ1) is 11.8. The minimum atomic E-state index is 0.711. The topological polar surface area (TPSA) is 53.1 Å². The van der Waals surface area contributed by atoms with E-state index in [1.54, 1.807) is 0 Å². The van der Waals surface area contributed by atoms with Crippen LogP contribution in [0.3, 0.4) is 0 Å². The molecule has 0 aliphatic carbocycles.